The molecule has 0 unspecified atom stereocenters. The molecular formula is C15H20N2O2. The maximum Gasteiger partial charge on any atom is 0.203 e. The van der Waals surface area contributed by atoms with E-state index in [1.54, 1.807) is 0 Å². The average Bonchev–Trinajstić information content (AvgIpc) is 2.84. The van der Waals surface area contributed by atoms with Gasteiger partial charge in [0, 0.05) is 19.8 Å². The zero-order valence-electron chi connectivity index (χ0n) is 11.5. The highest BCUT2D eigenvalue weighted by Crippen LogP contribution is 2.35. The predicted octanol–water partition coefficient (Wildman–Crippen LogP) is 2.45. The van der Waals surface area contributed by atoms with Gasteiger partial charge in [-0.2, -0.15) is 0 Å². The van der Waals surface area contributed by atoms with E-state index in [2.05, 4.69) is 26.0 Å². The van der Waals surface area contributed by atoms with E-state index in [1.807, 2.05) is 0 Å². The van der Waals surface area contributed by atoms with Gasteiger partial charge in [-0.25, -0.2) is 4.98 Å². The minimum atomic E-state index is -0.155. The van der Waals surface area contributed by atoms with Gasteiger partial charge in [-0.1, -0.05) is 6.07 Å². The Hall–Kier alpha value is -1.39. The summed E-state index contributed by atoms with van der Waals surface area (Å²) in [5.74, 6) is 0.780. The van der Waals surface area contributed by atoms with Crippen LogP contribution >= 0.6 is 0 Å². The summed E-state index contributed by atoms with van der Waals surface area (Å²) in [4.78, 5) is 4.70. The molecule has 0 saturated carbocycles. The van der Waals surface area contributed by atoms with Crippen molar-refractivity contribution in [1.29, 1.82) is 0 Å². The van der Waals surface area contributed by atoms with E-state index in [1.165, 1.54) is 5.56 Å². The summed E-state index contributed by atoms with van der Waals surface area (Å²) in [5.41, 5.74) is 10.0. The maximum atomic E-state index is 6.04. The number of hydrogen-bond acceptors (Lipinski definition) is 4. The Morgan fingerprint density at radius 2 is 2.00 bits per heavy atom. The van der Waals surface area contributed by atoms with Gasteiger partial charge in [0.05, 0.1) is 5.41 Å². The third-order valence-electron chi connectivity index (χ3n) is 4.11. The maximum absolute atomic E-state index is 6.04. The molecular weight excluding hydrogens is 240 g/mol. The Morgan fingerprint density at radius 3 is 2.68 bits per heavy atom. The molecule has 19 heavy (non-hydrogen) atoms. The van der Waals surface area contributed by atoms with Crippen LogP contribution in [0.3, 0.4) is 0 Å². The molecule has 102 valence electrons. The number of fused-ring (bicyclic) bond motifs is 1. The molecule has 1 aliphatic heterocycles. The summed E-state index contributed by atoms with van der Waals surface area (Å²) in [5, 5.41) is 0. The van der Waals surface area contributed by atoms with Gasteiger partial charge in [0.2, 0.25) is 5.89 Å². The largest absolute Gasteiger partial charge is 0.440 e. The van der Waals surface area contributed by atoms with Gasteiger partial charge in [0.15, 0.2) is 5.58 Å². The van der Waals surface area contributed by atoms with Crippen LogP contribution in [0.4, 0.5) is 0 Å². The minimum absolute atomic E-state index is 0.155. The third-order valence-corrected chi connectivity index (χ3v) is 4.11. The molecule has 0 spiro atoms. The quantitative estimate of drug-likeness (QED) is 0.901. The molecule has 0 atom stereocenters. The summed E-state index contributed by atoms with van der Waals surface area (Å²) < 4.78 is 11.5. The number of aryl methyl sites for hydroxylation is 2. The van der Waals surface area contributed by atoms with Gasteiger partial charge in [-0.05, 0) is 43.9 Å². The monoisotopic (exact) mass is 260 g/mol. The topological polar surface area (TPSA) is 61.3 Å². The van der Waals surface area contributed by atoms with Crippen LogP contribution in [0, 0.1) is 13.8 Å². The standard InChI is InChI=1S/C15H20N2O2/c1-10-7-11(2)13-12(8-10)17-14(19-13)15(9-16)3-5-18-6-4-15/h7-8H,3-6,9,16H2,1-2H3. The summed E-state index contributed by atoms with van der Waals surface area (Å²) in [6, 6.07) is 4.19. The lowest BCUT2D eigenvalue weighted by Crippen LogP contribution is -2.40. The molecule has 3 rings (SSSR count). The van der Waals surface area contributed by atoms with Crippen LogP contribution < -0.4 is 5.73 Å². The smallest absolute Gasteiger partial charge is 0.203 e. The fourth-order valence-electron chi connectivity index (χ4n) is 2.87. The first-order valence-electron chi connectivity index (χ1n) is 6.81. The molecule has 1 saturated heterocycles. The van der Waals surface area contributed by atoms with E-state index in [-0.39, 0.29) is 5.41 Å². The van der Waals surface area contributed by atoms with E-state index in [9.17, 15) is 0 Å². The summed E-state index contributed by atoms with van der Waals surface area (Å²) in [6.07, 6.45) is 1.77. The fourth-order valence-corrected chi connectivity index (χ4v) is 2.87. The van der Waals surface area contributed by atoms with Crippen molar-refractivity contribution in [2.75, 3.05) is 19.8 Å². The van der Waals surface area contributed by atoms with Crippen LogP contribution in [0.5, 0.6) is 0 Å². The van der Waals surface area contributed by atoms with Crippen LogP contribution in [0.15, 0.2) is 16.5 Å². The van der Waals surface area contributed by atoms with E-state index in [0.29, 0.717) is 6.54 Å². The molecule has 1 aromatic heterocycles. The summed E-state index contributed by atoms with van der Waals surface area (Å²) in [7, 11) is 0. The van der Waals surface area contributed by atoms with E-state index < -0.39 is 0 Å². The number of nitrogens with two attached hydrogens (primary N) is 1. The number of nitrogens with zero attached hydrogens (tertiary/aromatic N) is 1. The number of oxazole rings is 1. The van der Waals surface area contributed by atoms with Crippen molar-refractivity contribution >= 4 is 11.1 Å². The zero-order chi connectivity index (χ0) is 13.5. The molecule has 2 heterocycles. The molecule has 0 radical (unpaired) electrons. The molecule has 1 aromatic carbocycles. The second kappa shape index (κ2) is 4.62. The van der Waals surface area contributed by atoms with Crippen molar-refractivity contribution in [2.24, 2.45) is 5.73 Å². The van der Waals surface area contributed by atoms with Gasteiger partial charge in [-0.3, -0.25) is 0 Å². The van der Waals surface area contributed by atoms with Crippen molar-refractivity contribution in [3.8, 4) is 0 Å². The van der Waals surface area contributed by atoms with Crippen LogP contribution in [-0.4, -0.2) is 24.7 Å². The first-order chi connectivity index (χ1) is 9.14. The molecule has 2 aromatic rings. The van der Waals surface area contributed by atoms with Crippen molar-refractivity contribution in [2.45, 2.75) is 32.1 Å². The lowest BCUT2D eigenvalue weighted by molar-refractivity contribution is 0.0438. The van der Waals surface area contributed by atoms with E-state index in [0.717, 1.165) is 48.6 Å². The lowest BCUT2D eigenvalue weighted by atomic mass is 9.80. The normalized spacial score (nSPS) is 18.9. The lowest BCUT2D eigenvalue weighted by Gasteiger charge is -2.32. The Kier molecular flexibility index (Phi) is 3.07. The molecule has 4 heteroatoms. The Balaban J connectivity index is 2.11. The van der Waals surface area contributed by atoms with Gasteiger partial charge < -0.3 is 14.9 Å². The number of rotatable bonds is 2. The highest BCUT2D eigenvalue weighted by atomic mass is 16.5. The van der Waals surface area contributed by atoms with Gasteiger partial charge in [0.1, 0.15) is 5.52 Å². The van der Waals surface area contributed by atoms with Crippen molar-refractivity contribution < 1.29 is 9.15 Å². The van der Waals surface area contributed by atoms with Crippen molar-refractivity contribution in [3.63, 3.8) is 0 Å². The van der Waals surface area contributed by atoms with Crippen LogP contribution in [0.2, 0.25) is 0 Å². The molecule has 0 aliphatic carbocycles. The van der Waals surface area contributed by atoms with E-state index in [4.69, 9.17) is 19.9 Å². The number of hydrogen-bond donors (Lipinski definition) is 1. The molecule has 4 nitrogen and oxygen atoms in total. The minimum Gasteiger partial charge on any atom is -0.440 e. The SMILES string of the molecule is Cc1cc(C)c2oc(C3(CN)CCOCC3)nc2c1. The predicted molar refractivity (Wildman–Crippen MR) is 74.3 cm³/mol. The molecule has 0 amide bonds. The third kappa shape index (κ3) is 2.05. The zero-order valence-corrected chi connectivity index (χ0v) is 11.5. The van der Waals surface area contributed by atoms with Gasteiger partial charge in [0.25, 0.3) is 0 Å². The van der Waals surface area contributed by atoms with Crippen LogP contribution in [0.25, 0.3) is 11.1 Å². The summed E-state index contributed by atoms with van der Waals surface area (Å²) in [6.45, 7) is 6.15. The molecule has 1 aliphatic rings. The molecule has 2 N–H and O–H groups in total. The Bertz CT molecular complexity index is 597. The van der Waals surface area contributed by atoms with Crippen molar-refractivity contribution in [1.82, 2.24) is 4.98 Å². The fraction of sp³-hybridized carbons (Fsp3) is 0.533. The van der Waals surface area contributed by atoms with Gasteiger partial charge in [-0.15, -0.1) is 0 Å². The first kappa shape index (κ1) is 12.6. The summed E-state index contributed by atoms with van der Waals surface area (Å²) >= 11 is 0. The highest BCUT2D eigenvalue weighted by molar-refractivity contribution is 5.77. The number of benzene rings is 1. The molecule has 0 bridgehead atoms. The first-order valence-corrected chi connectivity index (χ1v) is 6.81. The van der Waals surface area contributed by atoms with E-state index >= 15 is 0 Å². The number of aromatic nitrogens is 1. The van der Waals surface area contributed by atoms with Crippen molar-refractivity contribution in [3.05, 3.63) is 29.2 Å². The molecule has 1 fully saturated rings. The van der Waals surface area contributed by atoms with Crippen LogP contribution in [-0.2, 0) is 10.2 Å². The van der Waals surface area contributed by atoms with Crippen LogP contribution in [0.1, 0.15) is 29.9 Å². The van der Waals surface area contributed by atoms with Gasteiger partial charge >= 0.3 is 0 Å². The Labute approximate surface area is 112 Å². The number of ether oxygens (including phenoxy) is 1. The average molecular weight is 260 g/mol. The highest BCUT2D eigenvalue weighted by Gasteiger charge is 2.38. The Morgan fingerprint density at radius 1 is 1.26 bits per heavy atom. The second-order valence-corrected chi connectivity index (χ2v) is 5.55. The second-order valence-electron chi connectivity index (χ2n) is 5.55.